The Morgan fingerprint density at radius 2 is 1.95 bits per heavy atom. The molecular weight excluding hydrogens is 238 g/mol. The van der Waals surface area contributed by atoms with Crippen molar-refractivity contribution in [3.63, 3.8) is 0 Å². The second-order valence-electron chi connectivity index (χ2n) is 5.58. The fraction of sp³-hybridized carbons (Fsp3) is 0.562. The molecule has 0 bridgehead atoms. The quantitative estimate of drug-likeness (QED) is 0.829. The second-order valence-corrected chi connectivity index (χ2v) is 5.58. The summed E-state index contributed by atoms with van der Waals surface area (Å²) < 4.78 is 5.47. The van der Waals surface area contributed by atoms with Crippen LogP contribution >= 0.6 is 0 Å². The van der Waals surface area contributed by atoms with Crippen LogP contribution in [0.3, 0.4) is 0 Å². The molecule has 1 amide bonds. The molecule has 1 N–H and O–H groups in total. The minimum absolute atomic E-state index is 0.0709. The van der Waals surface area contributed by atoms with Crippen LogP contribution in [0.2, 0.25) is 0 Å². The van der Waals surface area contributed by atoms with Crippen LogP contribution in [0.25, 0.3) is 0 Å². The van der Waals surface area contributed by atoms with Crippen LogP contribution in [0.15, 0.2) is 18.2 Å². The molecule has 3 nitrogen and oxygen atoms in total. The monoisotopic (exact) mass is 259 g/mol. The van der Waals surface area contributed by atoms with Gasteiger partial charge in [-0.2, -0.15) is 0 Å². The van der Waals surface area contributed by atoms with E-state index in [1.807, 2.05) is 18.2 Å². The van der Waals surface area contributed by atoms with Crippen molar-refractivity contribution in [2.24, 2.45) is 0 Å². The Labute approximate surface area is 114 Å². The number of benzene rings is 1. The highest BCUT2D eigenvalue weighted by Crippen LogP contribution is 2.26. The maximum atomic E-state index is 12.3. The molecule has 2 aliphatic rings. The van der Waals surface area contributed by atoms with Crippen LogP contribution in [-0.4, -0.2) is 18.6 Å². The molecular formula is C16H21NO2. The first-order chi connectivity index (χ1) is 9.33. The number of ether oxygens (including phenoxy) is 1. The molecule has 19 heavy (non-hydrogen) atoms. The number of hydrogen-bond donors (Lipinski definition) is 1. The van der Waals surface area contributed by atoms with Crippen molar-refractivity contribution < 1.29 is 9.53 Å². The van der Waals surface area contributed by atoms with Gasteiger partial charge in [-0.3, -0.25) is 4.79 Å². The minimum atomic E-state index is 0.0709. The van der Waals surface area contributed by atoms with E-state index in [-0.39, 0.29) is 5.91 Å². The third-order valence-corrected chi connectivity index (χ3v) is 4.14. The summed E-state index contributed by atoms with van der Waals surface area (Å²) in [5, 5.41) is 3.19. The minimum Gasteiger partial charge on any atom is -0.493 e. The van der Waals surface area contributed by atoms with Gasteiger partial charge in [0.1, 0.15) is 5.75 Å². The van der Waals surface area contributed by atoms with E-state index in [4.69, 9.17) is 4.74 Å². The SMILES string of the molecule is O=C(NC1CCCCCC1)c1ccc2c(c1)CCO2. The summed E-state index contributed by atoms with van der Waals surface area (Å²) in [6.07, 6.45) is 8.26. The van der Waals surface area contributed by atoms with Gasteiger partial charge in [-0.1, -0.05) is 25.7 Å². The van der Waals surface area contributed by atoms with E-state index < -0.39 is 0 Å². The van der Waals surface area contributed by atoms with Gasteiger partial charge in [0, 0.05) is 18.0 Å². The molecule has 1 aromatic carbocycles. The molecule has 102 valence electrons. The molecule has 3 heteroatoms. The largest absolute Gasteiger partial charge is 0.493 e. The number of nitrogens with one attached hydrogen (secondary N) is 1. The van der Waals surface area contributed by atoms with Gasteiger partial charge in [-0.15, -0.1) is 0 Å². The third kappa shape index (κ3) is 2.91. The Morgan fingerprint density at radius 3 is 2.74 bits per heavy atom. The van der Waals surface area contributed by atoms with E-state index in [0.717, 1.165) is 42.7 Å². The number of carbonyl (C=O) groups excluding carboxylic acids is 1. The molecule has 0 spiro atoms. The fourth-order valence-corrected chi connectivity index (χ4v) is 3.02. The Hall–Kier alpha value is -1.51. The van der Waals surface area contributed by atoms with Crippen molar-refractivity contribution in [1.82, 2.24) is 5.32 Å². The van der Waals surface area contributed by atoms with Crippen LogP contribution in [0.4, 0.5) is 0 Å². The lowest BCUT2D eigenvalue weighted by atomic mass is 10.1. The first-order valence-corrected chi connectivity index (χ1v) is 7.39. The van der Waals surface area contributed by atoms with Gasteiger partial charge in [0.15, 0.2) is 0 Å². The molecule has 0 radical (unpaired) electrons. The number of fused-ring (bicyclic) bond motifs is 1. The molecule has 1 aliphatic heterocycles. The Balaban J connectivity index is 1.66. The van der Waals surface area contributed by atoms with E-state index >= 15 is 0 Å². The molecule has 1 fully saturated rings. The van der Waals surface area contributed by atoms with Crippen molar-refractivity contribution in [3.05, 3.63) is 29.3 Å². The third-order valence-electron chi connectivity index (χ3n) is 4.14. The zero-order valence-electron chi connectivity index (χ0n) is 11.3. The average molecular weight is 259 g/mol. The fourth-order valence-electron chi connectivity index (χ4n) is 3.02. The van der Waals surface area contributed by atoms with Gasteiger partial charge < -0.3 is 10.1 Å². The van der Waals surface area contributed by atoms with Crippen LogP contribution in [0.5, 0.6) is 5.75 Å². The summed E-state index contributed by atoms with van der Waals surface area (Å²) in [4.78, 5) is 12.3. The summed E-state index contributed by atoms with van der Waals surface area (Å²) in [5.74, 6) is 1.01. The first-order valence-electron chi connectivity index (χ1n) is 7.39. The topological polar surface area (TPSA) is 38.3 Å². The Kier molecular flexibility index (Phi) is 3.72. The maximum absolute atomic E-state index is 12.3. The Bertz CT molecular complexity index is 462. The highest BCUT2D eigenvalue weighted by Gasteiger charge is 2.18. The molecule has 0 aromatic heterocycles. The first kappa shape index (κ1) is 12.5. The predicted molar refractivity (Wildman–Crippen MR) is 74.6 cm³/mol. The maximum Gasteiger partial charge on any atom is 0.251 e. The van der Waals surface area contributed by atoms with Crippen molar-refractivity contribution in [2.45, 2.75) is 51.0 Å². The lowest BCUT2D eigenvalue weighted by molar-refractivity contribution is 0.0933. The van der Waals surface area contributed by atoms with Gasteiger partial charge >= 0.3 is 0 Å². The van der Waals surface area contributed by atoms with Gasteiger partial charge in [-0.25, -0.2) is 0 Å². The molecule has 1 aliphatic carbocycles. The summed E-state index contributed by atoms with van der Waals surface area (Å²) >= 11 is 0. The van der Waals surface area contributed by atoms with Crippen LogP contribution < -0.4 is 10.1 Å². The molecule has 0 unspecified atom stereocenters. The highest BCUT2D eigenvalue weighted by atomic mass is 16.5. The number of hydrogen-bond acceptors (Lipinski definition) is 2. The number of rotatable bonds is 2. The van der Waals surface area contributed by atoms with E-state index in [1.54, 1.807) is 0 Å². The standard InChI is InChI=1S/C16H21NO2/c18-16(17-14-5-3-1-2-4-6-14)13-7-8-15-12(11-13)9-10-19-15/h7-8,11,14H,1-6,9-10H2,(H,17,18). The van der Waals surface area contributed by atoms with E-state index in [0.29, 0.717) is 6.04 Å². The zero-order chi connectivity index (χ0) is 13.1. The molecule has 0 saturated heterocycles. The van der Waals surface area contributed by atoms with E-state index in [1.165, 1.54) is 25.7 Å². The van der Waals surface area contributed by atoms with Crippen LogP contribution in [0.1, 0.15) is 54.4 Å². The summed E-state index contributed by atoms with van der Waals surface area (Å²) in [7, 11) is 0. The van der Waals surface area contributed by atoms with Crippen LogP contribution in [0, 0.1) is 0 Å². The highest BCUT2D eigenvalue weighted by molar-refractivity contribution is 5.94. The average Bonchev–Trinajstić information content (AvgIpc) is 2.75. The second kappa shape index (κ2) is 5.64. The smallest absolute Gasteiger partial charge is 0.251 e. The predicted octanol–water partition coefficient (Wildman–Crippen LogP) is 3.07. The van der Waals surface area contributed by atoms with Crippen LogP contribution in [-0.2, 0) is 6.42 Å². The molecule has 1 heterocycles. The van der Waals surface area contributed by atoms with Crippen molar-refractivity contribution in [2.75, 3.05) is 6.61 Å². The lowest BCUT2D eigenvalue weighted by Crippen LogP contribution is -2.34. The van der Waals surface area contributed by atoms with Crippen molar-refractivity contribution in [1.29, 1.82) is 0 Å². The van der Waals surface area contributed by atoms with E-state index in [9.17, 15) is 4.79 Å². The molecule has 3 rings (SSSR count). The van der Waals surface area contributed by atoms with Crippen molar-refractivity contribution >= 4 is 5.91 Å². The van der Waals surface area contributed by atoms with E-state index in [2.05, 4.69) is 5.32 Å². The summed E-state index contributed by atoms with van der Waals surface area (Å²) in [6.45, 7) is 0.739. The summed E-state index contributed by atoms with van der Waals surface area (Å²) in [6, 6.07) is 6.13. The number of amides is 1. The Morgan fingerprint density at radius 1 is 1.16 bits per heavy atom. The molecule has 1 saturated carbocycles. The van der Waals surface area contributed by atoms with Gasteiger partial charge in [0.25, 0.3) is 5.91 Å². The molecule has 0 atom stereocenters. The summed E-state index contributed by atoms with van der Waals surface area (Å²) in [5.41, 5.74) is 1.93. The van der Waals surface area contributed by atoms with Gasteiger partial charge in [-0.05, 0) is 36.6 Å². The molecule has 1 aromatic rings. The lowest BCUT2D eigenvalue weighted by Gasteiger charge is -2.16. The normalized spacial score (nSPS) is 19.4. The zero-order valence-corrected chi connectivity index (χ0v) is 11.3. The number of carbonyl (C=O) groups is 1. The van der Waals surface area contributed by atoms with Crippen molar-refractivity contribution in [3.8, 4) is 5.75 Å². The van der Waals surface area contributed by atoms with Gasteiger partial charge in [0.2, 0.25) is 0 Å². The van der Waals surface area contributed by atoms with Gasteiger partial charge in [0.05, 0.1) is 6.61 Å².